The standard InChI is InChI=1S/C11H26N2/c1-10(2)9-13-8-6-11(3)5-4-7-12/h10-11,13H,4-9,12H2,1-3H3. The van der Waals surface area contributed by atoms with Crippen molar-refractivity contribution in [2.75, 3.05) is 19.6 Å². The van der Waals surface area contributed by atoms with Gasteiger partial charge in [0.15, 0.2) is 0 Å². The molecule has 0 saturated heterocycles. The average Bonchev–Trinajstić information content (AvgIpc) is 2.08. The maximum atomic E-state index is 5.46. The molecule has 3 N–H and O–H groups in total. The van der Waals surface area contributed by atoms with Crippen molar-refractivity contribution in [3.05, 3.63) is 0 Å². The molecule has 0 saturated carbocycles. The van der Waals surface area contributed by atoms with E-state index < -0.39 is 0 Å². The van der Waals surface area contributed by atoms with E-state index in [0.29, 0.717) is 0 Å². The molecule has 0 aromatic rings. The summed E-state index contributed by atoms with van der Waals surface area (Å²) in [7, 11) is 0. The van der Waals surface area contributed by atoms with Gasteiger partial charge in [-0.1, -0.05) is 20.8 Å². The van der Waals surface area contributed by atoms with Gasteiger partial charge in [0.05, 0.1) is 0 Å². The van der Waals surface area contributed by atoms with Crippen molar-refractivity contribution in [1.82, 2.24) is 5.32 Å². The van der Waals surface area contributed by atoms with Crippen molar-refractivity contribution in [3.63, 3.8) is 0 Å². The third kappa shape index (κ3) is 9.84. The van der Waals surface area contributed by atoms with Crippen LogP contribution >= 0.6 is 0 Å². The van der Waals surface area contributed by atoms with E-state index >= 15 is 0 Å². The highest BCUT2D eigenvalue weighted by Gasteiger charge is 2.00. The van der Waals surface area contributed by atoms with E-state index in [9.17, 15) is 0 Å². The van der Waals surface area contributed by atoms with Crippen LogP contribution in [0.15, 0.2) is 0 Å². The van der Waals surface area contributed by atoms with E-state index in [-0.39, 0.29) is 0 Å². The van der Waals surface area contributed by atoms with Crippen LogP contribution in [0.1, 0.15) is 40.0 Å². The quantitative estimate of drug-likeness (QED) is 0.569. The van der Waals surface area contributed by atoms with E-state index in [1.54, 1.807) is 0 Å². The predicted molar refractivity (Wildman–Crippen MR) is 59.8 cm³/mol. The van der Waals surface area contributed by atoms with Gasteiger partial charge >= 0.3 is 0 Å². The number of nitrogens with one attached hydrogen (secondary N) is 1. The first kappa shape index (κ1) is 12.9. The van der Waals surface area contributed by atoms with Gasteiger partial charge < -0.3 is 11.1 Å². The fourth-order valence-electron chi connectivity index (χ4n) is 1.35. The molecule has 2 nitrogen and oxygen atoms in total. The molecule has 0 spiro atoms. The van der Waals surface area contributed by atoms with Crippen molar-refractivity contribution in [3.8, 4) is 0 Å². The van der Waals surface area contributed by atoms with Gasteiger partial charge in [-0.05, 0) is 50.7 Å². The van der Waals surface area contributed by atoms with Crippen LogP contribution in [0.25, 0.3) is 0 Å². The Hall–Kier alpha value is -0.0800. The predicted octanol–water partition coefficient (Wildman–Crippen LogP) is 2.00. The molecular weight excluding hydrogens is 160 g/mol. The van der Waals surface area contributed by atoms with E-state index in [1.165, 1.54) is 19.3 Å². The van der Waals surface area contributed by atoms with Gasteiger partial charge in [-0.15, -0.1) is 0 Å². The molecule has 0 rings (SSSR count). The largest absolute Gasteiger partial charge is 0.330 e. The Morgan fingerprint density at radius 2 is 1.85 bits per heavy atom. The highest BCUT2D eigenvalue weighted by Crippen LogP contribution is 2.08. The zero-order chi connectivity index (χ0) is 10.1. The van der Waals surface area contributed by atoms with Gasteiger partial charge in [0.25, 0.3) is 0 Å². The summed E-state index contributed by atoms with van der Waals surface area (Å²) in [5.74, 6) is 1.59. The minimum absolute atomic E-state index is 0.763. The van der Waals surface area contributed by atoms with Gasteiger partial charge in [-0.3, -0.25) is 0 Å². The van der Waals surface area contributed by atoms with Crippen LogP contribution in [0.5, 0.6) is 0 Å². The summed E-state index contributed by atoms with van der Waals surface area (Å²) in [6.07, 6.45) is 3.73. The van der Waals surface area contributed by atoms with Gasteiger partial charge in [0.1, 0.15) is 0 Å². The average molecular weight is 186 g/mol. The molecule has 13 heavy (non-hydrogen) atoms. The lowest BCUT2D eigenvalue weighted by Gasteiger charge is -2.12. The molecule has 0 heterocycles. The summed E-state index contributed by atoms with van der Waals surface area (Å²) in [6, 6.07) is 0. The van der Waals surface area contributed by atoms with Crippen LogP contribution in [-0.2, 0) is 0 Å². The summed E-state index contributed by atoms with van der Waals surface area (Å²) < 4.78 is 0. The van der Waals surface area contributed by atoms with Crippen LogP contribution in [0.3, 0.4) is 0 Å². The zero-order valence-electron chi connectivity index (χ0n) is 9.47. The lowest BCUT2D eigenvalue weighted by atomic mass is 10.0. The fraction of sp³-hybridized carbons (Fsp3) is 1.00. The zero-order valence-corrected chi connectivity index (χ0v) is 9.47. The first-order valence-corrected chi connectivity index (χ1v) is 5.57. The lowest BCUT2D eigenvalue weighted by Crippen LogP contribution is -2.22. The van der Waals surface area contributed by atoms with E-state index in [1.807, 2.05) is 0 Å². The van der Waals surface area contributed by atoms with Gasteiger partial charge in [0, 0.05) is 0 Å². The second-order valence-electron chi connectivity index (χ2n) is 4.42. The van der Waals surface area contributed by atoms with Crippen LogP contribution in [0, 0.1) is 11.8 Å². The highest BCUT2D eigenvalue weighted by atomic mass is 14.8. The Kier molecular flexibility index (Phi) is 8.46. The molecule has 1 atom stereocenters. The van der Waals surface area contributed by atoms with Gasteiger partial charge in [-0.25, -0.2) is 0 Å². The molecule has 0 aromatic carbocycles. The Morgan fingerprint density at radius 1 is 1.15 bits per heavy atom. The Labute approximate surface area is 83.3 Å². The normalized spacial score (nSPS) is 13.6. The first-order valence-electron chi connectivity index (χ1n) is 5.57. The van der Waals surface area contributed by atoms with Gasteiger partial charge in [0.2, 0.25) is 0 Å². The SMILES string of the molecule is CC(C)CNCCC(C)CCCN. The van der Waals surface area contributed by atoms with Crippen LogP contribution in [-0.4, -0.2) is 19.6 Å². The van der Waals surface area contributed by atoms with E-state index in [0.717, 1.165) is 31.5 Å². The van der Waals surface area contributed by atoms with Crippen LogP contribution in [0.4, 0.5) is 0 Å². The second kappa shape index (κ2) is 8.52. The lowest BCUT2D eigenvalue weighted by molar-refractivity contribution is 0.445. The topological polar surface area (TPSA) is 38.0 Å². The summed E-state index contributed by atoms with van der Waals surface area (Å²) >= 11 is 0. The minimum atomic E-state index is 0.763. The number of hydrogen-bond donors (Lipinski definition) is 2. The molecule has 0 radical (unpaired) electrons. The molecule has 2 heteroatoms. The maximum absolute atomic E-state index is 5.46. The Morgan fingerprint density at radius 3 is 2.38 bits per heavy atom. The van der Waals surface area contributed by atoms with Crippen molar-refractivity contribution >= 4 is 0 Å². The van der Waals surface area contributed by atoms with Crippen molar-refractivity contribution in [1.29, 1.82) is 0 Å². The molecule has 0 fully saturated rings. The minimum Gasteiger partial charge on any atom is -0.330 e. The van der Waals surface area contributed by atoms with E-state index in [4.69, 9.17) is 5.73 Å². The summed E-state index contributed by atoms with van der Waals surface area (Å²) in [5, 5.41) is 3.46. The summed E-state index contributed by atoms with van der Waals surface area (Å²) in [5.41, 5.74) is 5.46. The van der Waals surface area contributed by atoms with Crippen molar-refractivity contribution < 1.29 is 0 Å². The molecular formula is C11H26N2. The number of hydrogen-bond acceptors (Lipinski definition) is 2. The number of rotatable bonds is 8. The van der Waals surface area contributed by atoms with Crippen LogP contribution < -0.4 is 11.1 Å². The Balaban J connectivity index is 3.12. The third-order valence-corrected chi connectivity index (χ3v) is 2.27. The molecule has 0 aromatic heterocycles. The fourth-order valence-corrected chi connectivity index (χ4v) is 1.35. The molecule has 0 aliphatic carbocycles. The Bertz CT molecular complexity index is 102. The monoisotopic (exact) mass is 186 g/mol. The van der Waals surface area contributed by atoms with E-state index in [2.05, 4.69) is 26.1 Å². The molecule has 80 valence electrons. The highest BCUT2D eigenvalue weighted by molar-refractivity contribution is 4.57. The molecule has 0 aliphatic rings. The van der Waals surface area contributed by atoms with Crippen LogP contribution in [0.2, 0.25) is 0 Å². The first-order chi connectivity index (χ1) is 6.16. The van der Waals surface area contributed by atoms with Crippen molar-refractivity contribution in [2.24, 2.45) is 17.6 Å². The third-order valence-electron chi connectivity index (χ3n) is 2.27. The summed E-state index contributed by atoms with van der Waals surface area (Å²) in [6.45, 7) is 9.93. The molecule has 1 unspecified atom stereocenters. The number of nitrogens with two attached hydrogens (primary N) is 1. The summed E-state index contributed by atoms with van der Waals surface area (Å²) in [4.78, 5) is 0. The van der Waals surface area contributed by atoms with Gasteiger partial charge in [-0.2, -0.15) is 0 Å². The molecule has 0 bridgehead atoms. The molecule has 0 aliphatic heterocycles. The second-order valence-corrected chi connectivity index (χ2v) is 4.42. The smallest absolute Gasteiger partial charge is 0.00258 e. The maximum Gasteiger partial charge on any atom is -0.00258 e. The molecule has 0 amide bonds. The van der Waals surface area contributed by atoms with Crippen molar-refractivity contribution in [2.45, 2.75) is 40.0 Å².